The van der Waals surface area contributed by atoms with E-state index in [1.165, 1.54) is 4.90 Å². The highest BCUT2D eigenvalue weighted by Gasteiger charge is 2.49. The molecule has 1 aliphatic heterocycles. The lowest BCUT2D eigenvalue weighted by molar-refractivity contribution is -0.158. The van der Waals surface area contributed by atoms with Gasteiger partial charge in [0.05, 0.1) is 5.92 Å². The second-order valence-corrected chi connectivity index (χ2v) is 8.89. The maximum absolute atomic E-state index is 12.9. The molecule has 0 radical (unpaired) electrons. The summed E-state index contributed by atoms with van der Waals surface area (Å²) in [7, 11) is 0. The third-order valence-electron chi connectivity index (χ3n) is 7.06. The Kier molecular flexibility index (Phi) is 6.40. The molecule has 174 valence electrons. The third-order valence-corrected chi connectivity index (χ3v) is 7.06. The van der Waals surface area contributed by atoms with E-state index in [0.717, 1.165) is 22.3 Å². The van der Waals surface area contributed by atoms with E-state index in [9.17, 15) is 19.5 Å². The molecule has 4 rings (SSSR count). The maximum Gasteiger partial charge on any atom is 0.407 e. The van der Waals surface area contributed by atoms with Gasteiger partial charge in [-0.3, -0.25) is 4.79 Å². The number of ether oxygens (including phenoxy) is 1. The first-order chi connectivity index (χ1) is 15.9. The van der Waals surface area contributed by atoms with Gasteiger partial charge in [0, 0.05) is 19.0 Å². The van der Waals surface area contributed by atoms with Crippen LogP contribution in [0.5, 0.6) is 0 Å². The summed E-state index contributed by atoms with van der Waals surface area (Å²) in [5, 5.41) is 12.4. The smallest absolute Gasteiger partial charge is 0.407 e. The van der Waals surface area contributed by atoms with Crippen LogP contribution in [0, 0.1) is 5.92 Å². The summed E-state index contributed by atoms with van der Waals surface area (Å²) in [5.74, 6) is -1.80. The van der Waals surface area contributed by atoms with Gasteiger partial charge in [0.1, 0.15) is 12.1 Å². The first-order valence-corrected chi connectivity index (χ1v) is 11.5. The molecule has 33 heavy (non-hydrogen) atoms. The lowest BCUT2D eigenvalue weighted by atomic mass is 9.92. The van der Waals surface area contributed by atoms with E-state index in [0.29, 0.717) is 25.8 Å². The summed E-state index contributed by atoms with van der Waals surface area (Å²) in [5.41, 5.74) is 3.44. The number of benzene rings is 2. The Balaban J connectivity index is 1.34. The Bertz CT molecular complexity index is 1020. The molecule has 2 atom stereocenters. The molecule has 1 heterocycles. The molecule has 0 bridgehead atoms. The van der Waals surface area contributed by atoms with Crippen molar-refractivity contribution in [3.8, 4) is 11.1 Å². The summed E-state index contributed by atoms with van der Waals surface area (Å²) in [6.07, 6.45) is 0.897. The van der Waals surface area contributed by atoms with Crippen LogP contribution in [0.2, 0.25) is 0 Å². The standard InChI is InChI=1S/C26H30N2O5/c1-3-26(24(30)31)13-8-14-28(26)23(29)17(2)15-27-25(32)33-16-22-20-11-6-4-9-18(20)19-10-5-7-12-21(19)22/h4-7,9-12,17,22H,3,8,13-16H2,1-2H3,(H,27,32)(H,30,31). The number of hydrogen-bond donors (Lipinski definition) is 2. The lowest BCUT2D eigenvalue weighted by Gasteiger charge is -2.35. The molecule has 1 saturated heterocycles. The molecule has 2 aromatic rings. The SMILES string of the molecule is CCC1(C(=O)O)CCCN1C(=O)C(C)CNC(=O)OCC1c2ccccc2-c2ccccc21. The van der Waals surface area contributed by atoms with Gasteiger partial charge in [-0.1, -0.05) is 62.4 Å². The number of nitrogens with one attached hydrogen (secondary N) is 1. The Morgan fingerprint density at radius 1 is 1.12 bits per heavy atom. The Labute approximate surface area is 193 Å². The molecule has 7 nitrogen and oxygen atoms in total. The largest absolute Gasteiger partial charge is 0.479 e. The summed E-state index contributed by atoms with van der Waals surface area (Å²) in [6.45, 7) is 4.21. The summed E-state index contributed by atoms with van der Waals surface area (Å²) in [4.78, 5) is 38.7. The molecule has 0 saturated carbocycles. The van der Waals surface area contributed by atoms with Gasteiger partial charge in [0.2, 0.25) is 5.91 Å². The van der Waals surface area contributed by atoms with Crippen molar-refractivity contribution in [3.05, 3.63) is 59.7 Å². The van der Waals surface area contributed by atoms with Crippen LogP contribution >= 0.6 is 0 Å². The Hall–Kier alpha value is -3.35. The number of carbonyl (C=O) groups is 3. The highest BCUT2D eigenvalue weighted by molar-refractivity contribution is 5.89. The topological polar surface area (TPSA) is 95.9 Å². The summed E-state index contributed by atoms with van der Waals surface area (Å²) >= 11 is 0. The maximum atomic E-state index is 12.9. The highest BCUT2D eigenvalue weighted by Crippen LogP contribution is 2.44. The molecule has 1 aliphatic carbocycles. The third kappa shape index (κ3) is 4.08. The number of alkyl carbamates (subject to hydrolysis) is 1. The van der Waals surface area contributed by atoms with Gasteiger partial charge < -0.3 is 20.1 Å². The molecule has 2 N–H and O–H groups in total. The van der Waals surface area contributed by atoms with Gasteiger partial charge in [-0.2, -0.15) is 0 Å². The molecule has 2 unspecified atom stereocenters. The molecule has 7 heteroatoms. The fraction of sp³-hybridized carbons (Fsp3) is 0.423. The number of rotatable bonds is 7. The predicted octanol–water partition coefficient (Wildman–Crippen LogP) is 4.02. The number of carboxylic acid groups (broad SMARTS) is 1. The normalized spacial score (nSPS) is 20.1. The summed E-state index contributed by atoms with van der Waals surface area (Å²) in [6, 6.07) is 16.2. The monoisotopic (exact) mass is 450 g/mol. The van der Waals surface area contributed by atoms with Gasteiger partial charge in [-0.25, -0.2) is 9.59 Å². The van der Waals surface area contributed by atoms with E-state index in [1.807, 2.05) is 24.3 Å². The van der Waals surface area contributed by atoms with Gasteiger partial charge >= 0.3 is 12.1 Å². The molecule has 1 fully saturated rings. The molecule has 0 aromatic heterocycles. The van der Waals surface area contributed by atoms with E-state index in [-0.39, 0.29) is 25.0 Å². The Morgan fingerprint density at radius 3 is 2.30 bits per heavy atom. The molecule has 2 aromatic carbocycles. The number of aliphatic carboxylic acids is 1. The van der Waals surface area contributed by atoms with Crippen molar-refractivity contribution in [2.45, 2.75) is 44.6 Å². The van der Waals surface area contributed by atoms with Gasteiger partial charge in [-0.15, -0.1) is 0 Å². The van der Waals surface area contributed by atoms with E-state index < -0.39 is 23.5 Å². The van der Waals surface area contributed by atoms with Crippen molar-refractivity contribution < 1.29 is 24.2 Å². The number of nitrogens with zero attached hydrogens (tertiary/aromatic N) is 1. The number of amides is 2. The average molecular weight is 451 g/mol. The molecule has 2 aliphatic rings. The van der Waals surface area contributed by atoms with E-state index in [1.54, 1.807) is 13.8 Å². The van der Waals surface area contributed by atoms with Crippen LogP contribution in [0.25, 0.3) is 11.1 Å². The first-order valence-electron chi connectivity index (χ1n) is 11.5. The number of hydrogen-bond acceptors (Lipinski definition) is 4. The second-order valence-electron chi connectivity index (χ2n) is 8.89. The van der Waals surface area contributed by atoms with Crippen molar-refractivity contribution in [3.63, 3.8) is 0 Å². The average Bonchev–Trinajstić information content (AvgIpc) is 3.41. The van der Waals surface area contributed by atoms with Crippen LogP contribution in [-0.4, -0.2) is 53.2 Å². The van der Waals surface area contributed by atoms with Crippen molar-refractivity contribution in [1.82, 2.24) is 10.2 Å². The molecule has 0 spiro atoms. The van der Waals surface area contributed by atoms with E-state index in [4.69, 9.17) is 4.74 Å². The number of likely N-dealkylation sites (tertiary alicyclic amines) is 1. The quantitative estimate of drug-likeness (QED) is 0.664. The summed E-state index contributed by atoms with van der Waals surface area (Å²) < 4.78 is 5.53. The van der Waals surface area contributed by atoms with Gasteiger partial charge in [0.15, 0.2) is 0 Å². The minimum absolute atomic E-state index is 0.0347. The fourth-order valence-electron chi connectivity index (χ4n) is 5.18. The number of carboxylic acids is 1. The van der Waals surface area contributed by atoms with Crippen LogP contribution in [0.4, 0.5) is 4.79 Å². The lowest BCUT2D eigenvalue weighted by Crippen LogP contribution is -2.55. The zero-order valence-electron chi connectivity index (χ0n) is 19.0. The van der Waals surface area contributed by atoms with Crippen LogP contribution in [0.15, 0.2) is 48.5 Å². The van der Waals surface area contributed by atoms with Crippen LogP contribution in [0.1, 0.15) is 50.2 Å². The van der Waals surface area contributed by atoms with Crippen LogP contribution < -0.4 is 5.32 Å². The second kappa shape index (κ2) is 9.25. The predicted molar refractivity (Wildman–Crippen MR) is 124 cm³/mol. The van der Waals surface area contributed by atoms with Gasteiger partial charge in [0.25, 0.3) is 0 Å². The minimum Gasteiger partial charge on any atom is -0.479 e. The number of carbonyl (C=O) groups excluding carboxylic acids is 2. The Morgan fingerprint density at radius 2 is 1.73 bits per heavy atom. The molecule has 2 amide bonds. The fourth-order valence-corrected chi connectivity index (χ4v) is 5.18. The van der Waals surface area contributed by atoms with Crippen LogP contribution in [-0.2, 0) is 14.3 Å². The zero-order chi connectivity index (χ0) is 23.6. The van der Waals surface area contributed by atoms with E-state index in [2.05, 4.69) is 29.6 Å². The van der Waals surface area contributed by atoms with Gasteiger partial charge in [-0.05, 0) is 41.5 Å². The van der Waals surface area contributed by atoms with Crippen LogP contribution in [0.3, 0.4) is 0 Å². The first kappa shape index (κ1) is 22.8. The highest BCUT2D eigenvalue weighted by atomic mass is 16.5. The zero-order valence-corrected chi connectivity index (χ0v) is 19.0. The van der Waals surface area contributed by atoms with Crippen molar-refractivity contribution in [1.29, 1.82) is 0 Å². The minimum atomic E-state index is -1.14. The molecular formula is C26H30N2O5. The number of fused-ring (bicyclic) bond motifs is 3. The van der Waals surface area contributed by atoms with E-state index >= 15 is 0 Å². The molecular weight excluding hydrogens is 420 g/mol. The van der Waals surface area contributed by atoms with Crippen molar-refractivity contribution >= 4 is 18.0 Å². The van der Waals surface area contributed by atoms with Crippen molar-refractivity contribution in [2.75, 3.05) is 19.7 Å². The van der Waals surface area contributed by atoms with Crippen molar-refractivity contribution in [2.24, 2.45) is 5.92 Å².